The number of carbonyl (C=O) groups excluding carboxylic acids is 1. The Labute approximate surface area is 148 Å². The van der Waals surface area contributed by atoms with E-state index in [0.29, 0.717) is 6.54 Å². The summed E-state index contributed by atoms with van der Waals surface area (Å²) in [6.45, 7) is 5.62. The van der Waals surface area contributed by atoms with Gasteiger partial charge in [-0.15, -0.1) is 0 Å². The number of hydrogen-bond donors (Lipinski definition) is 3. The smallest absolute Gasteiger partial charge is 0.221 e. The van der Waals surface area contributed by atoms with Gasteiger partial charge in [0.25, 0.3) is 0 Å². The third kappa shape index (κ3) is 7.03. The Morgan fingerprint density at radius 2 is 2.04 bits per heavy atom. The number of hydrogen-bond acceptors (Lipinski definition) is 3. The molecule has 6 heteroatoms. The minimum Gasteiger partial charge on any atom is -0.357 e. The van der Waals surface area contributed by atoms with Gasteiger partial charge in [-0.1, -0.05) is 18.2 Å². The van der Waals surface area contributed by atoms with E-state index in [2.05, 4.69) is 25.9 Å². The first-order valence-corrected chi connectivity index (χ1v) is 8.46. The summed E-state index contributed by atoms with van der Waals surface area (Å²) in [6.07, 6.45) is 2.64. The van der Waals surface area contributed by atoms with Crippen LogP contribution in [0.3, 0.4) is 0 Å². The maximum Gasteiger partial charge on any atom is 0.221 e. The van der Waals surface area contributed by atoms with E-state index >= 15 is 0 Å². The van der Waals surface area contributed by atoms with Gasteiger partial charge in [0.2, 0.25) is 5.91 Å². The highest BCUT2D eigenvalue weighted by Gasteiger charge is 2.00. The van der Waals surface area contributed by atoms with Gasteiger partial charge in [0.1, 0.15) is 0 Å². The number of aliphatic imine (C=N–C) groups is 1. The predicted octanol–water partition coefficient (Wildman–Crippen LogP) is 2.34. The number of amides is 1. The Hall–Kier alpha value is -2.89. The van der Waals surface area contributed by atoms with Gasteiger partial charge in [0.05, 0.1) is 6.54 Å². The zero-order chi connectivity index (χ0) is 17.9. The monoisotopic (exact) mass is 339 g/mol. The molecular weight excluding hydrogens is 314 g/mol. The second-order valence-corrected chi connectivity index (χ2v) is 5.57. The number of guanidine groups is 1. The van der Waals surface area contributed by atoms with E-state index in [0.717, 1.165) is 42.4 Å². The van der Waals surface area contributed by atoms with Crippen LogP contribution in [0.15, 0.2) is 53.7 Å². The van der Waals surface area contributed by atoms with Crippen molar-refractivity contribution in [1.29, 1.82) is 0 Å². The number of rotatable bonds is 7. The van der Waals surface area contributed by atoms with Crippen molar-refractivity contribution in [3.8, 4) is 0 Å². The van der Waals surface area contributed by atoms with Crippen LogP contribution in [0, 0.1) is 0 Å². The van der Waals surface area contributed by atoms with E-state index in [1.165, 1.54) is 6.92 Å². The molecule has 1 aromatic heterocycles. The minimum absolute atomic E-state index is 0.0785. The first kappa shape index (κ1) is 18.4. The molecule has 1 amide bonds. The second kappa shape index (κ2) is 10.1. The van der Waals surface area contributed by atoms with Gasteiger partial charge in [-0.25, -0.2) is 4.99 Å². The Bertz CT molecular complexity index is 700. The first-order chi connectivity index (χ1) is 12.2. The molecule has 0 radical (unpaired) electrons. The summed E-state index contributed by atoms with van der Waals surface area (Å²) in [6, 6.07) is 13.6. The summed E-state index contributed by atoms with van der Waals surface area (Å²) in [5, 5.41) is 9.33. The van der Waals surface area contributed by atoms with Crippen LogP contribution in [0.5, 0.6) is 0 Å². The molecule has 2 rings (SSSR count). The van der Waals surface area contributed by atoms with E-state index in [4.69, 9.17) is 0 Å². The van der Waals surface area contributed by atoms with Crippen molar-refractivity contribution in [2.45, 2.75) is 26.8 Å². The zero-order valence-electron chi connectivity index (χ0n) is 14.7. The third-order valence-electron chi connectivity index (χ3n) is 3.41. The molecule has 0 atom stereocenters. The minimum atomic E-state index is -0.0785. The highest BCUT2D eigenvalue weighted by Crippen LogP contribution is 2.11. The van der Waals surface area contributed by atoms with Crippen LogP contribution in [0.1, 0.15) is 25.1 Å². The largest absolute Gasteiger partial charge is 0.357 e. The molecule has 2 aromatic rings. The average molecular weight is 339 g/mol. The van der Waals surface area contributed by atoms with Gasteiger partial charge in [0.15, 0.2) is 5.96 Å². The summed E-state index contributed by atoms with van der Waals surface area (Å²) in [5.74, 6) is 0.688. The number of benzene rings is 1. The maximum atomic E-state index is 11.1. The molecule has 0 aliphatic heterocycles. The molecule has 6 nitrogen and oxygen atoms in total. The van der Waals surface area contributed by atoms with Crippen LogP contribution in [0.2, 0.25) is 0 Å². The molecule has 1 aromatic carbocycles. The number of aromatic nitrogens is 1. The van der Waals surface area contributed by atoms with Crippen molar-refractivity contribution in [1.82, 2.24) is 15.6 Å². The number of anilines is 1. The van der Waals surface area contributed by atoms with Gasteiger partial charge in [0, 0.05) is 44.0 Å². The van der Waals surface area contributed by atoms with Crippen molar-refractivity contribution in [2.24, 2.45) is 4.99 Å². The van der Waals surface area contributed by atoms with Crippen LogP contribution in [-0.4, -0.2) is 29.9 Å². The quantitative estimate of drug-likeness (QED) is 0.534. The maximum absolute atomic E-state index is 11.1. The fourth-order valence-corrected chi connectivity index (χ4v) is 2.32. The Morgan fingerprint density at radius 3 is 2.76 bits per heavy atom. The van der Waals surface area contributed by atoms with Gasteiger partial charge in [-0.05, 0) is 36.8 Å². The van der Waals surface area contributed by atoms with Gasteiger partial charge < -0.3 is 16.0 Å². The summed E-state index contributed by atoms with van der Waals surface area (Å²) in [7, 11) is 0. The molecule has 0 aliphatic rings. The first-order valence-electron chi connectivity index (χ1n) is 8.46. The molecule has 0 saturated heterocycles. The fourth-order valence-electron chi connectivity index (χ4n) is 2.32. The lowest BCUT2D eigenvalue weighted by atomic mass is 10.2. The molecule has 0 unspecified atom stereocenters. The summed E-state index contributed by atoms with van der Waals surface area (Å²) >= 11 is 0. The van der Waals surface area contributed by atoms with Crippen LogP contribution in [0.25, 0.3) is 0 Å². The lowest BCUT2D eigenvalue weighted by Crippen LogP contribution is -2.38. The summed E-state index contributed by atoms with van der Waals surface area (Å²) in [4.78, 5) is 20.1. The Morgan fingerprint density at radius 1 is 1.16 bits per heavy atom. The van der Waals surface area contributed by atoms with Crippen LogP contribution >= 0.6 is 0 Å². The standard InChI is InChI=1S/C19H25N5O/c1-3-20-19(22-12-10-17-8-4-5-11-21-17)23-14-16-7-6-9-18(13-16)24-15(2)25/h4-9,11,13H,3,10,12,14H2,1-2H3,(H,24,25)(H2,20,22,23). The average Bonchev–Trinajstić information content (AvgIpc) is 2.60. The van der Waals surface area contributed by atoms with E-state index in [9.17, 15) is 4.79 Å². The van der Waals surface area contributed by atoms with E-state index < -0.39 is 0 Å². The second-order valence-electron chi connectivity index (χ2n) is 5.57. The van der Waals surface area contributed by atoms with Crippen molar-refractivity contribution in [3.63, 3.8) is 0 Å². The fraction of sp³-hybridized carbons (Fsp3) is 0.316. The molecule has 0 spiro atoms. The van der Waals surface area contributed by atoms with E-state index in [1.807, 2.05) is 49.4 Å². The number of carbonyl (C=O) groups is 1. The SMILES string of the molecule is CCNC(=NCc1cccc(NC(C)=O)c1)NCCc1ccccn1. The topological polar surface area (TPSA) is 78.4 Å². The van der Waals surface area contributed by atoms with Crippen LogP contribution in [0.4, 0.5) is 5.69 Å². The van der Waals surface area contributed by atoms with Crippen molar-refractivity contribution in [2.75, 3.05) is 18.4 Å². The predicted molar refractivity (Wildman–Crippen MR) is 102 cm³/mol. The Balaban J connectivity index is 1.91. The molecule has 1 heterocycles. The van der Waals surface area contributed by atoms with Crippen molar-refractivity contribution in [3.05, 3.63) is 59.9 Å². The summed E-state index contributed by atoms with van der Waals surface area (Å²) < 4.78 is 0. The lowest BCUT2D eigenvalue weighted by Gasteiger charge is -2.11. The van der Waals surface area contributed by atoms with Crippen molar-refractivity contribution < 1.29 is 4.79 Å². The summed E-state index contributed by atoms with van der Waals surface area (Å²) in [5.41, 5.74) is 2.87. The molecule has 132 valence electrons. The van der Waals surface area contributed by atoms with Gasteiger partial charge >= 0.3 is 0 Å². The van der Waals surface area contributed by atoms with Gasteiger partial charge in [-0.2, -0.15) is 0 Å². The highest BCUT2D eigenvalue weighted by molar-refractivity contribution is 5.88. The lowest BCUT2D eigenvalue weighted by molar-refractivity contribution is -0.114. The molecule has 0 bridgehead atoms. The Kier molecular flexibility index (Phi) is 7.43. The number of pyridine rings is 1. The highest BCUT2D eigenvalue weighted by atomic mass is 16.1. The third-order valence-corrected chi connectivity index (χ3v) is 3.41. The van der Waals surface area contributed by atoms with Crippen LogP contribution < -0.4 is 16.0 Å². The van der Waals surface area contributed by atoms with E-state index in [1.54, 1.807) is 6.20 Å². The van der Waals surface area contributed by atoms with Gasteiger partial charge in [-0.3, -0.25) is 9.78 Å². The molecule has 0 aliphatic carbocycles. The number of nitrogens with zero attached hydrogens (tertiary/aromatic N) is 2. The molecule has 25 heavy (non-hydrogen) atoms. The molecular formula is C19H25N5O. The van der Waals surface area contributed by atoms with Crippen molar-refractivity contribution >= 4 is 17.6 Å². The zero-order valence-corrected chi connectivity index (χ0v) is 14.7. The molecule has 0 fully saturated rings. The van der Waals surface area contributed by atoms with Crippen LogP contribution in [-0.2, 0) is 17.8 Å². The van der Waals surface area contributed by atoms with E-state index in [-0.39, 0.29) is 5.91 Å². The molecule has 3 N–H and O–H groups in total. The normalized spacial score (nSPS) is 11.0. The number of nitrogens with one attached hydrogen (secondary N) is 3. The molecule has 0 saturated carbocycles.